The fraction of sp³-hybridized carbons (Fsp3) is 0.400. The Kier molecular flexibility index (Phi) is 4.04. The van der Waals surface area contributed by atoms with E-state index < -0.39 is 0 Å². The molecule has 0 saturated carbocycles. The number of hydrogen-bond acceptors (Lipinski definition) is 2. The molecule has 1 fully saturated rings. The molecule has 0 unspecified atom stereocenters. The highest BCUT2D eigenvalue weighted by atomic mass is 79.9. The summed E-state index contributed by atoms with van der Waals surface area (Å²) in [5.41, 5.74) is 5.70. The van der Waals surface area contributed by atoms with Gasteiger partial charge in [0, 0.05) is 16.9 Å². The molecule has 0 spiro atoms. The van der Waals surface area contributed by atoms with Crippen LogP contribution in [0.15, 0.2) is 46.9 Å². The number of ether oxygens (including phenoxy) is 1. The SMILES string of the molecule is CN(C)C[C@H]1C[C@@H]2c3ccccc3Cc3ccc(Br)cc3[C@H]2O1. The lowest BCUT2D eigenvalue weighted by Gasteiger charge is -2.20. The summed E-state index contributed by atoms with van der Waals surface area (Å²) in [5, 5.41) is 0. The van der Waals surface area contributed by atoms with E-state index >= 15 is 0 Å². The highest BCUT2D eigenvalue weighted by molar-refractivity contribution is 9.10. The van der Waals surface area contributed by atoms with Crippen molar-refractivity contribution >= 4 is 15.9 Å². The van der Waals surface area contributed by atoms with Crippen LogP contribution in [0.1, 0.15) is 40.7 Å². The Hall–Kier alpha value is -1.16. The summed E-state index contributed by atoms with van der Waals surface area (Å²) in [4.78, 5) is 2.23. The predicted octanol–water partition coefficient (Wildman–Crippen LogP) is 4.53. The normalized spacial score (nSPS) is 25.7. The van der Waals surface area contributed by atoms with Crippen molar-refractivity contribution in [2.24, 2.45) is 0 Å². The Labute approximate surface area is 146 Å². The average molecular weight is 372 g/mol. The predicted molar refractivity (Wildman–Crippen MR) is 96.9 cm³/mol. The van der Waals surface area contributed by atoms with Crippen LogP contribution in [0.5, 0.6) is 0 Å². The van der Waals surface area contributed by atoms with E-state index in [1.165, 1.54) is 22.3 Å². The summed E-state index contributed by atoms with van der Waals surface area (Å²) in [6.07, 6.45) is 2.59. The van der Waals surface area contributed by atoms with Gasteiger partial charge in [0.25, 0.3) is 0 Å². The molecule has 2 aromatic carbocycles. The van der Waals surface area contributed by atoms with E-state index in [0.717, 1.165) is 23.9 Å². The van der Waals surface area contributed by atoms with Crippen molar-refractivity contribution < 1.29 is 4.74 Å². The van der Waals surface area contributed by atoms with Crippen LogP contribution < -0.4 is 0 Å². The van der Waals surface area contributed by atoms with Crippen molar-refractivity contribution in [2.75, 3.05) is 20.6 Å². The first-order valence-corrected chi connectivity index (χ1v) is 9.07. The van der Waals surface area contributed by atoms with Crippen LogP contribution >= 0.6 is 15.9 Å². The molecule has 0 radical (unpaired) electrons. The lowest BCUT2D eigenvalue weighted by molar-refractivity contribution is 0.0272. The van der Waals surface area contributed by atoms with E-state index in [0.29, 0.717) is 12.0 Å². The molecule has 1 aliphatic carbocycles. The summed E-state index contributed by atoms with van der Waals surface area (Å²) in [7, 11) is 4.24. The summed E-state index contributed by atoms with van der Waals surface area (Å²) in [6.45, 7) is 0.985. The minimum absolute atomic E-state index is 0.177. The zero-order valence-corrected chi connectivity index (χ0v) is 15.2. The van der Waals surface area contributed by atoms with Crippen molar-refractivity contribution in [2.45, 2.75) is 31.0 Å². The number of likely N-dealkylation sites (N-methyl/N-ethyl adjacent to an activating group) is 1. The van der Waals surface area contributed by atoms with Crippen LogP contribution in [-0.2, 0) is 11.2 Å². The third-order valence-electron chi connectivity index (χ3n) is 5.04. The average Bonchev–Trinajstić information content (AvgIpc) is 2.87. The molecular weight excluding hydrogens is 350 g/mol. The molecule has 2 aliphatic rings. The summed E-state index contributed by atoms with van der Waals surface area (Å²) in [5.74, 6) is 0.465. The molecular formula is C20H22BrNO. The van der Waals surface area contributed by atoms with E-state index in [1.54, 1.807) is 0 Å². The summed E-state index contributed by atoms with van der Waals surface area (Å²) < 4.78 is 7.67. The minimum Gasteiger partial charge on any atom is -0.368 e. The molecule has 0 bridgehead atoms. The molecule has 1 heterocycles. The van der Waals surface area contributed by atoms with Crippen molar-refractivity contribution in [1.29, 1.82) is 0 Å². The Bertz CT molecular complexity index is 727. The lowest BCUT2D eigenvalue weighted by Crippen LogP contribution is -2.25. The molecule has 0 amide bonds. The van der Waals surface area contributed by atoms with Gasteiger partial charge < -0.3 is 9.64 Å². The maximum Gasteiger partial charge on any atom is 0.0902 e. The van der Waals surface area contributed by atoms with Crippen LogP contribution in [-0.4, -0.2) is 31.6 Å². The van der Waals surface area contributed by atoms with Gasteiger partial charge in [-0.05, 0) is 61.3 Å². The van der Waals surface area contributed by atoms with Crippen LogP contribution in [0.2, 0.25) is 0 Å². The van der Waals surface area contributed by atoms with E-state index in [9.17, 15) is 0 Å². The number of hydrogen-bond donors (Lipinski definition) is 0. The monoisotopic (exact) mass is 371 g/mol. The molecule has 1 aliphatic heterocycles. The van der Waals surface area contributed by atoms with Gasteiger partial charge in [-0.1, -0.05) is 46.3 Å². The third-order valence-corrected chi connectivity index (χ3v) is 5.53. The topological polar surface area (TPSA) is 12.5 Å². The molecule has 120 valence electrons. The van der Waals surface area contributed by atoms with Crippen molar-refractivity contribution in [3.63, 3.8) is 0 Å². The first kappa shape index (κ1) is 15.4. The zero-order chi connectivity index (χ0) is 16.0. The number of benzene rings is 2. The van der Waals surface area contributed by atoms with Gasteiger partial charge in [0.1, 0.15) is 0 Å². The molecule has 0 N–H and O–H groups in total. The summed E-state index contributed by atoms with van der Waals surface area (Å²) in [6, 6.07) is 15.6. The molecule has 4 rings (SSSR count). The Morgan fingerprint density at radius 2 is 1.87 bits per heavy atom. The number of fused-ring (bicyclic) bond motifs is 5. The largest absolute Gasteiger partial charge is 0.368 e. The first-order chi connectivity index (χ1) is 11.1. The van der Waals surface area contributed by atoms with E-state index in [1.807, 2.05) is 0 Å². The van der Waals surface area contributed by atoms with Crippen molar-refractivity contribution in [3.8, 4) is 0 Å². The zero-order valence-electron chi connectivity index (χ0n) is 13.6. The van der Waals surface area contributed by atoms with Crippen LogP contribution in [0, 0.1) is 0 Å². The second-order valence-corrected chi connectivity index (χ2v) is 7.92. The highest BCUT2D eigenvalue weighted by Gasteiger charge is 2.40. The van der Waals surface area contributed by atoms with E-state index in [-0.39, 0.29) is 6.10 Å². The Balaban J connectivity index is 1.80. The van der Waals surface area contributed by atoms with Crippen LogP contribution in [0.3, 0.4) is 0 Å². The van der Waals surface area contributed by atoms with Gasteiger partial charge in [-0.15, -0.1) is 0 Å². The quantitative estimate of drug-likeness (QED) is 0.768. The maximum atomic E-state index is 6.53. The first-order valence-electron chi connectivity index (χ1n) is 8.28. The minimum atomic E-state index is 0.177. The van der Waals surface area contributed by atoms with Gasteiger partial charge in [-0.3, -0.25) is 0 Å². The fourth-order valence-corrected chi connectivity index (χ4v) is 4.50. The van der Waals surface area contributed by atoms with Crippen LogP contribution in [0.4, 0.5) is 0 Å². The van der Waals surface area contributed by atoms with Gasteiger partial charge in [-0.2, -0.15) is 0 Å². The molecule has 2 aromatic rings. The van der Waals surface area contributed by atoms with Gasteiger partial charge in [-0.25, -0.2) is 0 Å². The van der Waals surface area contributed by atoms with Gasteiger partial charge >= 0.3 is 0 Å². The molecule has 3 atom stereocenters. The number of rotatable bonds is 2. The van der Waals surface area contributed by atoms with Gasteiger partial charge in [0.2, 0.25) is 0 Å². The molecule has 2 nitrogen and oxygen atoms in total. The van der Waals surface area contributed by atoms with Crippen molar-refractivity contribution in [1.82, 2.24) is 4.90 Å². The third kappa shape index (κ3) is 2.86. The van der Waals surface area contributed by atoms with E-state index in [2.05, 4.69) is 77.4 Å². The Morgan fingerprint density at radius 3 is 2.70 bits per heavy atom. The van der Waals surface area contributed by atoms with Gasteiger partial charge in [0.15, 0.2) is 0 Å². The second-order valence-electron chi connectivity index (χ2n) is 7.00. The standard InChI is InChI=1S/C20H22BrNO/c1-22(2)12-16-11-19-17-6-4-3-5-13(17)9-14-7-8-15(21)10-18(14)20(19)23-16/h3-8,10,16,19-20H,9,11-12H2,1-2H3/t16-,19-,20-/m1/s1. The van der Waals surface area contributed by atoms with Gasteiger partial charge in [0.05, 0.1) is 12.2 Å². The molecule has 3 heteroatoms. The van der Waals surface area contributed by atoms with Crippen molar-refractivity contribution in [3.05, 3.63) is 69.2 Å². The molecule has 1 saturated heterocycles. The molecule has 23 heavy (non-hydrogen) atoms. The highest BCUT2D eigenvalue weighted by Crippen LogP contribution is 2.49. The number of halogens is 1. The Morgan fingerprint density at radius 1 is 1.09 bits per heavy atom. The van der Waals surface area contributed by atoms with E-state index in [4.69, 9.17) is 4.74 Å². The second kappa shape index (κ2) is 6.04. The summed E-state index contributed by atoms with van der Waals surface area (Å²) >= 11 is 3.64. The lowest BCUT2D eigenvalue weighted by atomic mass is 9.87. The maximum absolute atomic E-state index is 6.53. The fourth-order valence-electron chi connectivity index (χ4n) is 4.12. The molecule has 0 aromatic heterocycles. The smallest absolute Gasteiger partial charge is 0.0902 e. The number of nitrogens with zero attached hydrogens (tertiary/aromatic N) is 1. The van der Waals surface area contributed by atoms with Crippen LogP contribution in [0.25, 0.3) is 0 Å².